The Morgan fingerprint density at radius 2 is 2.27 bits per heavy atom. The molecule has 3 heteroatoms. The van der Waals surface area contributed by atoms with Crippen molar-refractivity contribution < 1.29 is 0 Å². The van der Waals surface area contributed by atoms with E-state index in [-0.39, 0.29) is 0 Å². The maximum atomic E-state index is 4.37. The first-order chi connectivity index (χ1) is 7.25. The summed E-state index contributed by atoms with van der Waals surface area (Å²) < 4.78 is 0. The number of pyridine rings is 1. The number of hydrogen-bond acceptors (Lipinski definition) is 3. The standard InChI is InChI=1S/C12H19N3/c1-11-9-14(2)7-8-15(11)10-12-5-3-4-6-13-12/h3-6,11H,7-10H2,1-2H3/t11-/m0/s1. The van der Waals surface area contributed by atoms with Crippen molar-refractivity contribution in [1.29, 1.82) is 0 Å². The normalized spacial score (nSPS) is 24.3. The largest absolute Gasteiger partial charge is 0.304 e. The second-order valence-electron chi connectivity index (χ2n) is 4.40. The van der Waals surface area contributed by atoms with Crippen LogP contribution in [0.1, 0.15) is 12.6 Å². The van der Waals surface area contributed by atoms with E-state index in [9.17, 15) is 0 Å². The summed E-state index contributed by atoms with van der Waals surface area (Å²) >= 11 is 0. The van der Waals surface area contributed by atoms with Crippen molar-refractivity contribution in [2.45, 2.75) is 19.5 Å². The zero-order valence-electron chi connectivity index (χ0n) is 9.56. The van der Waals surface area contributed by atoms with Gasteiger partial charge in [-0.3, -0.25) is 9.88 Å². The second-order valence-corrected chi connectivity index (χ2v) is 4.40. The molecule has 1 aromatic heterocycles. The van der Waals surface area contributed by atoms with E-state index in [4.69, 9.17) is 0 Å². The Morgan fingerprint density at radius 1 is 1.40 bits per heavy atom. The summed E-state index contributed by atoms with van der Waals surface area (Å²) in [4.78, 5) is 9.26. The van der Waals surface area contributed by atoms with Gasteiger partial charge in [-0.15, -0.1) is 0 Å². The SMILES string of the molecule is C[C@H]1CN(C)CCN1Cc1ccccn1. The van der Waals surface area contributed by atoms with Crippen LogP contribution in [0.2, 0.25) is 0 Å². The molecule has 0 unspecified atom stereocenters. The minimum atomic E-state index is 0.630. The molecule has 1 aliphatic heterocycles. The molecule has 0 aromatic carbocycles. The smallest absolute Gasteiger partial charge is 0.0544 e. The van der Waals surface area contributed by atoms with Crippen LogP contribution >= 0.6 is 0 Å². The van der Waals surface area contributed by atoms with Crippen molar-refractivity contribution in [3.63, 3.8) is 0 Å². The highest BCUT2D eigenvalue weighted by Crippen LogP contribution is 2.11. The molecule has 15 heavy (non-hydrogen) atoms. The molecule has 1 atom stereocenters. The van der Waals surface area contributed by atoms with Crippen LogP contribution in [0.15, 0.2) is 24.4 Å². The molecule has 2 heterocycles. The van der Waals surface area contributed by atoms with Gasteiger partial charge in [0.2, 0.25) is 0 Å². The van der Waals surface area contributed by atoms with Crippen LogP contribution in [0.5, 0.6) is 0 Å². The van der Waals surface area contributed by atoms with Gasteiger partial charge in [-0.2, -0.15) is 0 Å². The topological polar surface area (TPSA) is 19.4 Å². The maximum Gasteiger partial charge on any atom is 0.0544 e. The third kappa shape index (κ3) is 2.76. The van der Waals surface area contributed by atoms with Crippen molar-refractivity contribution in [1.82, 2.24) is 14.8 Å². The van der Waals surface area contributed by atoms with Gasteiger partial charge in [0.15, 0.2) is 0 Å². The summed E-state index contributed by atoms with van der Waals surface area (Å²) in [6.45, 7) is 6.74. The zero-order valence-corrected chi connectivity index (χ0v) is 9.56. The Morgan fingerprint density at radius 3 is 2.93 bits per heavy atom. The Labute approximate surface area is 91.7 Å². The molecule has 0 bridgehead atoms. The maximum absolute atomic E-state index is 4.37. The lowest BCUT2D eigenvalue weighted by Crippen LogP contribution is -2.49. The van der Waals surface area contributed by atoms with Crippen LogP contribution in [0, 0.1) is 0 Å². The third-order valence-electron chi connectivity index (χ3n) is 3.06. The first kappa shape index (κ1) is 10.6. The van der Waals surface area contributed by atoms with Crippen LogP contribution in [0.3, 0.4) is 0 Å². The van der Waals surface area contributed by atoms with Crippen molar-refractivity contribution in [2.75, 3.05) is 26.7 Å². The molecule has 0 aliphatic carbocycles. The van der Waals surface area contributed by atoms with E-state index in [1.165, 1.54) is 5.69 Å². The molecule has 0 N–H and O–H groups in total. The van der Waals surface area contributed by atoms with Gasteiger partial charge in [0.05, 0.1) is 5.69 Å². The van der Waals surface area contributed by atoms with E-state index in [0.717, 1.165) is 26.2 Å². The lowest BCUT2D eigenvalue weighted by molar-refractivity contribution is 0.0927. The monoisotopic (exact) mass is 205 g/mol. The highest BCUT2D eigenvalue weighted by molar-refractivity contribution is 5.03. The lowest BCUT2D eigenvalue weighted by Gasteiger charge is -2.37. The van der Waals surface area contributed by atoms with Crippen LogP contribution in [0.25, 0.3) is 0 Å². The summed E-state index contributed by atoms with van der Waals surface area (Å²) in [7, 11) is 2.19. The Hall–Kier alpha value is -0.930. The summed E-state index contributed by atoms with van der Waals surface area (Å²) in [6, 6.07) is 6.76. The van der Waals surface area contributed by atoms with Gasteiger partial charge in [0.1, 0.15) is 0 Å². The van der Waals surface area contributed by atoms with Gasteiger partial charge in [-0.25, -0.2) is 0 Å². The van der Waals surface area contributed by atoms with Crippen molar-refractivity contribution in [3.05, 3.63) is 30.1 Å². The van der Waals surface area contributed by atoms with Gasteiger partial charge in [-0.1, -0.05) is 6.07 Å². The number of piperazine rings is 1. The Balaban J connectivity index is 1.95. The Bertz CT molecular complexity index is 299. The van der Waals surface area contributed by atoms with E-state index in [2.05, 4.69) is 40.9 Å². The highest BCUT2D eigenvalue weighted by atomic mass is 15.3. The molecular weight excluding hydrogens is 186 g/mol. The zero-order chi connectivity index (χ0) is 10.7. The highest BCUT2D eigenvalue weighted by Gasteiger charge is 2.21. The van der Waals surface area contributed by atoms with Gasteiger partial charge in [-0.05, 0) is 26.1 Å². The van der Waals surface area contributed by atoms with E-state index in [0.29, 0.717) is 6.04 Å². The quantitative estimate of drug-likeness (QED) is 0.723. The molecule has 1 aliphatic rings. The summed E-state index contributed by atoms with van der Waals surface area (Å²) in [5.41, 5.74) is 1.17. The van der Waals surface area contributed by atoms with Crippen LogP contribution < -0.4 is 0 Å². The molecule has 1 aromatic rings. The average Bonchev–Trinajstić information content (AvgIpc) is 2.24. The lowest BCUT2D eigenvalue weighted by atomic mass is 10.2. The van der Waals surface area contributed by atoms with E-state index < -0.39 is 0 Å². The van der Waals surface area contributed by atoms with Crippen LogP contribution in [-0.2, 0) is 6.54 Å². The van der Waals surface area contributed by atoms with Gasteiger partial charge >= 0.3 is 0 Å². The molecule has 2 rings (SSSR count). The molecule has 0 spiro atoms. The van der Waals surface area contributed by atoms with E-state index >= 15 is 0 Å². The number of likely N-dealkylation sites (N-methyl/N-ethyl adjacent to an activating group) is 1. The Kier molecular flexibility index (Phi) is 3.34. The first-order valence-corrected chi connectivity index (χ1v) is 5.58. The number of aromatic nitrogens is 1. The molecule has 0 amide bonds. The van der Waals surface area contributed by atoms with E-state index in [1.54, 1.807) is 0 Å². The number of rotatable bonds is 2. The van der Waals surface area contributed by atoms with Crippen molar-refractivity contribution in [3.8, 4) is 0 Å². The van der Waals surface area contributed by atoms with Crippen molar-refractivity contribution in [2.24, 2.45) is 0 Å². The summed E-state index contributed by atoms with van der Waals surface area (Å²) in [5.74, 6) is 0. The third-order valence-corrected chi connectivity index (χ3v) is 3.06. The molecule has 3 nitrogen and oxygen atoms in total. The molecule has 82 valence electrons. The van der Waals surface area contributed by atoms with Gasteiger partial charge in [0.25, 0.3) is 0 Å². The predicted octanol–water partition coefficient (Wildman–Crippen LogP) is 1.22. The average molecular weight is 205 g/mol. The molecule has 0 radical (unpaired) electrons. The van der Waals surface area contributed by atoms with Crippen LogP contribution in [0.4, 0.5) is 0 Å². The minimum absolute atomic E-state index is 0.630. The summed E-state index contributed by atoms with van der Waals surface area (Å²) in [6.07, 6.45) is 1.87. The fraction of sp³-hybridized carbons (Fsp3) is 0.583. The minimum Gasteiger partial charge on any atom is -0.304 e. The molecule has 0 saturated carbocycles. The first-order valence-electron chi connectivity index (χ1n) is 5.58. The second kappa shape index (κ2) is 4.73. The number of nitrogens with zero attached hydrogens (tertiary/aromatic N) is 3. The molecule has 1 saturated heterocycles. The molecule has 1 fully saturated rings. The molecular formula is C12H19N3. The van der Waals surface area contributed by atoms with E-state index in [1.807, 2.05) is 12.3 Å². The van der Waals surface area contributed by atoms with Crippen LogP contribution in [-0.4, -0.2) is 47.5 Å². The fourth-order valence-electron chi connectivity index (χ4n) is 2.11. The van der Waals surface area contributed by atoms with Gasteiger partial charge in [0, 0.05) is 38.4 Å². The van der Waals surface area contributed by atoms with Gasteiger partial charge < -0.3 is 4.90 Å². The van der Waals surface area contributed by atoms with Crippen molar-refractivity contribution >= 4 is 0 Å². The predicted molar refractivity (Wildman–Crippen MR) is 61.6 cm³/mol. The summed E-state index contributed by atoms with van der Waals surface area (Å²) in [5, 5.41) is 0. The number of hydrogen-bond donors (Lipinski definition) is 0. The fourth-order valence-corrected chi connectivity index (χ4v) is 2.11.